The molecule has 0 radical (unpaired) electrons. The van der Waals surface area contributed by atoms with Crippen molar-refractivity contribution in [3.8, 4) is 6.07 Å². The van der Waals surface area contributed by atoms with Crippen molar-refractivity contribution < 1.29 is 14.3 Å². The molecule has 0 saturated carbocycles. The number of aryl methyl sites for hydroxylation is 3. The number of thioether (sulfide) groups is 1. The summed E-state index contributed by atoms with van der Waals surface area (Å²) < 4.78 is 4.89. The van der Waals surface area contributed by atoms with Crippen molar-refractivity contribution in [2.75, 3.05) is 18.2 Å². The van der Waals surface area contributed by atoms with Crippen LogP contribution in [-0.4, -0.2) is 34.7 Å². The predicted molar refractivity (Wildman–Crippen MR) is 103 cm³/mol. The summed E-state index contributed by atoms with van der Waals surface area (Å²) in [5.74, 6) is -0.0561. The first kappa shape index (κ1) is 19.3. The van der Waals surface area contributed by atoms with Crippen molar-refractivity contribution in [2.45, 2.75) is 38.1 Å². The van der Waals surface area contributed by atoms with Crippen LogP contribution >= 0.6 is 23.1 Å². The lowest BCUT2D eigenvalue weighted by atomic mass is 10.1. The summed E-state index contributed by atoms with van der Waals surface area (Å²) in [5, 5.41) is 13.1. The van der Waals surface area contributed by atoms with Gasteiger partial charge in [-0.05, 0) is 38.7 Å². The van der Waals surface area contributed by atoms with Gasteiger partial charge in [0.15, 0.2) is 0 Å². The third kappa shape index (κ3) is 3.96. The number of amides is 1. The van der Waals surface area contributed by atoms with E-state index in [4.69, 9.17) is 4.74 Å². The van der Waals surface area contributed by atoms with E-state index in [1.54, 1.807) is 13.8 Å². The smallest absolute Gasteiger partial charge is 0.341 e. The Morgan fingerprint density at radius 3 is 2.81 bits per heavy atom. The first-order chi connectivity index (χ1) is 12.9. The van der Waals surface area contributed by atoms with Crippen LogP contribution in [0.1, 0.15) is 44.3 Å². The lowest BCUT2D eigenvalue weighted by Crippen LogP contribution is -2.16. The first-order valence-corrected chi connectivity index (χ1v) is 10.2. The molecule has 1 amide bonds. The molecule has 0 spiro atoms. The number of esters is 1. The van der Waals surface area contributed by atoms with Crippen molar-refractivity contribution >= 4 is 40.0 Å². The quantitative estimate of drug-likeness (QED) is 0.465. The Labute approximate surface area is 165 Å². The van der Waals surface area contributed by atoms with Crippen molar-refractivity contribution in [3.05, 3.63) is 33.1 Å². The topological polar surface area (TPSA) is 105 Å². The Bertz CT molecular complexity index is 962. The molecule has 1 aliphatic rings. The van der Waals surface area contributed by atoms with E-state index in [0.717, 1.165) is 29.7 Å². The van der Waals surface area contributed by atoms with Crippen LogP contribution in [0.15, 0.2) is 5.03 Å². The maximum absolute atomic E-state index is 12.4. The van der Waals surface area contributed by atoms with Crippen molar-refractivity contribution in [2.24, 2.45) is 0 Å². The van der Waals surface area contributed by atoms with Crippen molar-refractivity contribution in [3.63, 3.8) is 0 Å². The summed E-state index contributed by atoms with van der Waals surface area (Å²) in [6.07, 6.45) is 2.75. The molecule has 2 aromatic rings. The summed E-state index contributed by atoms with van der Waals surface area (Å²) in [4.78, 5) is 34.2. The first-order valence-electron chi connectivity index (χ1n) is 8.35. The van der Waals surface area contributed by atoms with Crippen LogP contribution in [-0.2, 0) is 22.4 Å². The van der Waals surface area contributed by atoms with Gasteiger partial charge in [0.1, 0.15) is 27.5 Å². The molecule has 0 aromatic carbocycles. The summed E-state index contributed by atoms with van der Waals surface area (Å²) in [6.45, 7) is 3.49. The number of nitriles is 1. The molecular weight excluding hydrogens is 384 g/mol. The van der Waals surface area contributed by atoms with E-state index in [0.29, 0.717) is 32.7 Å². The zero-order chi connectivity index (χ0) is 19.6. The molecule has 7 nitrogen and oxygen atoms in total. The number of nitrogens with zero attached hydrogens (tertiary/aromatic N) is 3. The fourth-order valence-electron chi connectivity index (χ4n) is 3.02. The maximum Gasteiger partial charge on any atom is 0.341 e. The zero-order valence-electron chi connectivity index (χ0n) is 15.2. The van der Waals surface area contributed by atoms with Gasteiger partial charge >= 0.3 is 5.97 Å². The SMILES string of the molecule is COC(=O)c1c(NC(=O)CSc2nc(C)nc(C)c2C#N)sc2c1CCC2. The molecule has 9 heteroatoms. The lowest BCUT2D eigenvalue weighted by molar-refractivity contribution is -0.113. The van der Waals surface area contributed by atoms with Crippen LogP contribution in [0.4, 0.5) is 5.00 Å². The molecule has 0 bridgehead atoms. The second kappa shape index (κ2) is 8.06. The van der Waals surface area contributed by atoms with Gasteiger partial charge in [0.05, 0.1) is 24.1 Å². The Balaban J connectivity index is 1.75. The van der Waals surface area contributed by atoms with Crippen LogP contribution < -0.4 is 5.32 Å². The fourth-order valence-corrected chi connectivity index (χ4v) is 5.19. The Hall–Kier alpha value is -2.44. The average Bonchev–Trinajstić information content (AvgIpc) is 3.19. The van der Waals surface area contributed by atoms with Gasteiger partial charge in [-0.15, -0.1) is 11.3 Å². The minimum absolute atomic E-state index is 0.0771. The number of carbonyl (C=O) groups is 2. The molecule has 0 fully saturated rings. The van der Waals surface area contributed by atoms with Crippen molar-refractivity contribution in [1.29, 1.82) is 5.26 Å². The third-order valence-corrected chi connectivity index (χ3v) is 6.37. The number of rotatable bonds is 5. The highest BCUT2D eigenvalue weighted by Gasteiger charge is 2.28. The lowest BCUT2D eigenvalue weighted by Gasteiger charge is -2.08. The summed E-state index contributed by atoms with van der Waals surface area (Å²) in [5.41, 5.74) is 2.43. The standard InChI is InChI=1S/C18H18N4O3S2/c1-9-12(7-19)16(21-10(2)20-9)26-8-14(23)22-17-15(18(24)25-3)11-5-4-6-13(11)27-17/h4-6,8H2,1-3H3,(H,22,23). The number of hydrogen-bond donors (Lipinski definition) is 1. The Morgan fingerprint density at radius 2 is 2.11 bits per heavy atom. The normalized spacial score (nSPS) is 12.4. The van der Waals surface area contributed by atoms with Gasteiger partial charge in [0, 0.05) is 4.88 Å². The summed E-state index contributed by atoms with van der Waals surface area (Å²) >= 11 is 2.62. The van der Waals surface area contributed by atoms with Gasteiger partial charge in [-0.1, -0.05) is 11.8 Å². The molecular formula is C18H18N4O3S2. The van der Waals surface area contributed by atoms with E-state index in [-0.39, 0.29) is 11.7 Å². The number of hydrogen-bond acceptors (Lipinski definition) is 8. The van der Waals surface area contributed by atoms with E-state index in [1.165, 1.54) is 30.2 Å². The van der Waals surface area contributed by atoms with Crippen LogP contribution in [0.25, 0.3) is 0 Å². The van der Waals surface area contributed by atoms with Gasteiger partial charge in [-0.25, -0.2) is 14.8 Å². The number of fused-ring (bicyclic) bond motifs is 1. The van der Waals surface area contributed by atoms with Crippen LogP contribution in [0, 0.1) is 25.2 Å². The van der Waals surface area contributed by atoms with E-state index in [2.05, 4.69) is 21.4 Å². The van der Waals surface area contributed by atoms with E-state index >= 15 is 0 Å². The summed E-state index contributed by atoms with van der Waals surface area (Å²) in [7, 11) is 1.34. The van der Waals surface area contributed by atoms with Crippen LogP contribution in [0.2, 0.25) is 0 Å². The van der Waals surface area contributed by atoms with Crippen LogP contribution in [0.5, 0.6) is 0 Å². The van der Waals surface area contributed by atoms with E-state index in [1.807, 2.05) is 0 Å². The van der Waals surface area contributed by atoms with Crippen LogP contribution in [0.3, 0.4) is 0 Å². The average molecular weight is 403 g/mol. The number of aromatic nitrogens is 2. The van der Waals surface area contributed by atoms with Gasteiger partial charge in [-0.3, -0.25) is 4.79 Å². The highest BCUT2D eigenvalue weighted by molar-refractivity contribution is 8.00. The molecule has 3 rings (SSSR count). The Kier molecular flexibility index (Phi) is 5.77. The molecule has 0 atom stereocenters. The maximum atomic E-state index is 12.4. The third-order valence-electron chi connectivity index (χ3n) is 4.18. The summed E-state index contributed by atoms with van der Waals surface area (Å²) in [6, 6.07) is 2.09. The molecule has 27 heavy (non-hydrogen) atoms. The van der Waals surface area contributed by atoms with Gasteiger partial charge in [0.25, 0.3) is 0 Å². The minimum Gasteiger partial charge on any atom is -0.465 e. The molecule has 0 aliphatic heterocycles. The fraction of sp³-hybridized carbons (Fsp3) is 0.389. The number of thiophene rings is 1. The van der Waals surface area contributed by atoms with Gasteiger partial charge in [-0.2, -0.15) is 5.26 Å². The molecule has 0 saturated heterocycles. The highest BCUT2D eigenvalue weighted by Crippen LogP contribution is 2.39. The molecule has 2 heterocycles. The highest BCUT2D eigenvalue weighted by atomic mass is 32.2. The molecule has 0 unspecified atom stereocenters. The molecule has 140 valence electrons. The second-order valence-electron chi connectivity index (χ2n) is 6.04. The van der Waals surface area contributed by atoms with Gasteiger partial charge in [0.2, 0.25) is 5.91 Å². The number of anilines is 1. The number of ether oxygens (including phenoxy) is 1. The Morgan fingerprint density at radius 1 is 1.33 bits per heavy atom. The van der Waals surface area contributed by atoms with Crippen molar-refractivity contribution in [1.82, 2.24) is 9.97 Å². The van der Waals surface area contributed by atoms with E-state index in [9.17, 15) is 14.9 Å². The number of nitrogens with one attached hydrogen (secondary N) is 1. The number of carbonyl (C=O) groups excluding carboxylic acids is 2. The molecule has 1 N–H and O–H groups in total. The second-order valence-corrected chi connectivity index (χ2v) is 8.11. The zero-order valence-corrected chi connectivity index (χ0v) is 16.8. The monoisotopic (exact) mass is 402 g/mol. The van der Waals surface area contributed by atoms with Gasteiger partial charge < -0.3 is 10.1 Å². The largest absolute Gasteiger partial charge is 0.465 e. The minimum atomic E-state index is -0.425. The molecule has 1 aliphatic carbocycles. The molecule has 2 aromatic heterocycles. The van der Waals surface area contributed by atoms with E-state index < -0.39 is 5.97 Å². The number of methoxy groups -OCH3 is 1. The predicted octanol–water partition coefficient (Wildman–Crippen LogP) is 3.03.